The van der Waals surface area contributed by atoms with Crippen molar-refractivity contribution < 1.29 is 14.3 Å². The largest absolute Gasteiger partial charge is 0.478 e. The van der Waals surface area contributed by atoms with E-state index in [4.69, 9.17) is 5.11 Å². The summed E-state index contributed by atoms with van der Waals surface area (Å²) in [6, 6.07) is 7.26. The number of aromatic carboxylic acids is 1. The molecule has 0 fully saturated rings. The molecule has 0 aliphatic carbocycles. The van der Waals surface area contributed by atoms with Crippen molar-refractivity contribution in [2.24, 2.45) is 0 Å². The molecule has 1 heterocycles. The van der Waals surface area contributed by atoms with Crippen LogP contribution in [0.2, 0.25) is 0 Å². The van der Waals surface area contributed by atoms with E-state index in [-0.39, 0.29) is 11.4 Å². The lowest BCUT2D eigenvalue weighted by Gasteiger charge is -2.22. The topological polar surface area (TPSA) is 66.3 Å². The van der Waals surface area contributed by atoms with E-state index in [1.807, 2.05) is 6.92 Å². The fourth-order valence-corrected chi connectivity index (χ4v) is 1.79. The molecular formula is C13H12FN3O2. The van der Waals surface area contributed by atoms with Crippen LogP contribution < -0.4 is 4.90 Å². The molecule has 0 aliphatic heterocycles. The fraction of sp³-hybridized carbons (Fsp3) is 0.154. The molecule has 0 radical (unpaired) electrons. The molecule has 1 N–H and O–H groups in total. The van der Waals surface area contributed by atoms with Gasteiger partial charge in [-0.15, -0.1) is 5.10 Å². The molecule has 0 saturated heterocycles. The van der Waals surface area contributed by atoms with Gasteiger partial charge in [-0.05, 0) is 31.2 Å². The predicted octanol–water partition coefficient (Wildman–Crippen LogP) is 2.47. The zero-order valence-corrected chi connectivity index (χ0v) is 10.2. The summed E-state index contributed by atoms with van der Waals surface area (Å²) in [6.07, 6.45) is 1.31. The van der Waals surface area contributed by atoms with E-state index in [0.717, 1.165) is 0 Å². The maximum Gasteiger partial charge on any atom is 0.339 e. The van der Waals surface area contributed by atoms with E-state index in [9.17, 15) is 9.18 Å². The quantitative estimate of drug-likeness (QED) is 0.915. The normalized spacial score (nSPS) is 10.2. The van der Waals surface area contributed by atoms with E-state index >= 15 is 0 Å². The summed E-state index contributed by atoms with van der Waals surface area (Å²) in [4.78, 5) is 12.8. The molecule has 0 unspecified atom stereocenters. The number of anilines is 2. The van der Waals surface area contributed by atoms with Crippen molar-refractivity contribution in [2.45, 2.75) is 6.92 Å². The molecule has 19 heavy (non-hydrogen) atoms. The molecule has 2 rings (SSSR count). The molecule has 5 nitrogen and oxygen atoms in total. The smallest absolute Gasteiger partial charge is 0.339 e. The first-order valence-electron chi connectivity index (χ1n) is 5.71. The van der Waals surface area contributed by atoms with Gasteiger partial charge in [0.2, 0.25) is 0 Å². The maximum absolute atomic E-state index is 13.3. The summed E-state index contributed by atoms with van der Waals surface area (Å²) in [7, 11) is 0. The van der Waals surface area contributed by atoms with Crippen LogP contribution >= 0.6 is 0 Å². The minimum absolute atomic E-state index is 0.0288. The Bertz CT molecular complexity index is 604. The number of hydrogen-bond acceptors (Lipinski definition) is 4. The Hall–Kier alpha value is -2.50. The minimum Gasteiger partial charge on any atom is -0.478 e. The molecule has 0 amide bonds. The van der Waals surface area contributed by atoms with Gasteiger partial charge in [-0.25, -0.2) is 9.18 Å². The molecule has 0 saturated carbocycles. The van der Waals surface area contributed by atoms with Gasteiger partial charge in [-0.2, -0.15) is 5.10 Å². The number of carboxylic acids is 1. The van der Waals surface area contributed by atoms with E-state index in [2.05, 4.69) is 10.2 Å². The van der Waals surface area contributed by atoms with Crippen LogP contribution in [0.25, 0.3) is 0 Å². The number of hydrogen-bond donors (Lipinski definition) is 1. The zero-order valence-electron chi connectivity index (χ0n) is 10.2. The first kappa shape index (κ1) is 12.9. The van der Waals surface area contributed by atoms with E-state index < -0.39 is 11.8 Å². The van der Waals surface area contributed by atoms with Crippen LogP contribution in [0.3, 0.4) is 0 Å². The van der Waals surface area contributed by atoms with Gasteiger partial charge in [-0.1, -0.05) is 6.07 Å². The highest BCUT2D eigenvalue weighted by Gasteiger charge is 2.18. The number of rotatable bonds is 4. The third-order valence-corrected chi connectivity index (χ3v) is 2.62. The molecule has 0 spiro atoms. The van der Waals surface area contributed by atoms with Crippen LogP contribution in [-0.4, -0.2) is 27.8 Å². The van der Waals surface area contributed by atoms with Gasteiger partial charge < -0.3 is 10.0 Å². The monoisotopic (exact) mass is 261 g/mol. The molecule has 6 heteroatoms. The molecule has 2 aromatic rings. The number of carboxylic acid groups (broad SMARTS) is 1. The predicted molar refractivity (Wildman–Crippen MR) is 68.1 cm³/mol. The Balaban J connectivity index is 2.51. The number of carbonyl (C=O) groups is 1. The third-order valence-electron chi connectivity index (χ3n) is 2.62. The molecule has 1 aromatic carbocycles. The fourth-order valence-electron chi connectivity index (χ4n) is 1.79. The van der Waals surface area contributed by atoms with Crippen LogP contribution in [0.5, 0.6) is 0 Å². The lowest BCUT2D eigenvalue weighted by atomic mass is 10.2. The SMILES string of the molecule is CCN(c1cccc(F)c1)c1nnccc1C(=O)O. The van der Waals surface area contributed by atoms with Crippen molar-refractivity contribution in [1.29, 1.82) is 0 Å². The highest BCUT2D eigenvalue weighted by atomic mass is 19.1. The molecule has 98 valence electrons. The second-order valence-corrected chi connectivity index (χ2v) is 3.80. The van der Waals surface area contributed by atoms with E-state index in [0.29, 0.717) is 12.2 Å². The number of aromatic nitrogens is 2. The van der Waals surface area contributed by atoms with Crippen molar-refractivity contribution in [3.8, 4) is 0 Å². The van der Waals surface area contributed by atoms with Crippen molar-refractivity contribution in [1.82, 2.24) is 10.2 Å². The lowest BCUT2D eigenvalue weighted by molar-refractivity contribution is 0.0697. The highest BCUT2D eigenvalue weighted by Crippen LogP contribution is 2.26. The van der Waals surface area contributed by atoms with Crippen molar-refractivity contribution in [2.75, 3.05) is 11.4 Å². The van der Waals surface area contributed by atoms with Crippen LogP contribution in [0.15, 0.2) is 36.5 Å². The zero-order chi connectivity index (χ0) is 13.8. The summed E-state index contributed by atoms with van der Waals surface area (Å²) >= 11 is 0. The van der Waals surface area contributed by atoms with Crippen molar-refractivity contribution in [3.63, 3.8) is 0 Å². The first-order valence-corrected chi connectivity index (χ1v) is 5.71. The summed E-state index contributed by atoms with van der Waals surface area (Å²) in [5.41, 5.74) is 0.562. The number of halogens is 1. The molecule has 0 atom stereocenters. The molecule has 0 aliphatic rings. The average Bonchev–Trinajstić information content (AvgIpc) is 2.40. The van der Waals surface area contributed by atoms with Crippen molar-refractivity contribution >= 4 is 17.5 Å². The van der Waals surface area contributed by atoms with Gasteiger partial charge in [0.05, 0.1) is 6.20 Å². The van der Waals surface area contributed by atoms with Gasteiger partial charge in [0.1, 0.15) is 11.4 Å². The van der Waals surface area contributed by atoms with Gasteiger partial charge >= 0.3 is 5.97 Å². The highest BCUT2D eigenvalue weighted by molar-refractivity contribution is 5.94. The van der Waals surface area contributed by atoms with Crippen LogP contribution in [0, 0.1) is 5.82 Å². The summed E-state index contributed by atoms with van der Waals surface area (Å²) < 4.78 is 13.3. The molecular weight excluding hydrogens is 249 g/mol. The van der Waals surface area contributed by atoms with E-state index in [1.165, 1.54) is 24.4 Å². The van der Waals surface area contributed by atoms with Gasteiger partial charge in [0.15, 0.2) is 5.82 Å². The van der Waals surface area contributed by atoms with Gasteiger partial charge in [-0.3, -0.25) is 0 Å². The molecule has 1 aromatic heterocycles. The van der Waals surface area contributed by atoms with Gasteiger partial charge in [0, 0.05) is 12.2 Å². The summed E-state index contributed by atoms with van der Waals surface area (Å²) in [5, 5.41) is 16.7. The Kier molecular flexibility index (Phi) is 3.70. The Morgan fingerprint density at radius 2 is 2.21 bits per heavy atom. The van der Waals surface area contributed by atoms with E-state index in [1.54, 1.807) is 17.0 Å². The summed E-state index contributed by atoms with van der Waals surface area (Å²) in [5.74, 6) is -1.29. The van der Waals surface area contributed by atoms with Crippen molar-refractivity contribution in [3.05, 3.63) is 47.9 Å². The number of nitrogens with zero attached hydrogens (tertiary/aromatic N) is 3. The Morgan fingerprint density at radius 1 is 1.42 bits per heavy atom. The molecule has 0 bridgehead atoms. The minimum atomic E-state index is -1.10. The Labute approximate surface area is 109 Å². The number of benzene rings is 1. The van der Waals surface area contributed by atoms with Crippen LogP contribution in [-0.2, 0) is 0 Å². The standard InChI is InChI=1S/C13H12FN3O2/c1-2-17(10-5-3-4-9(14)8-10)12-11(13(18)19)6-7-15-16-12/h3-8H,2H2,1H3,(H,18,19). The second-order valence-electron chi connectivity index (χ2n) is 3.80. The lowest BCUT2D eigenvalue weighted by Crippen LogP contribution is -2.21. The maximum atomic E-state index is 13.3. The second kappa shape index (κ2) is 5.43. The first-order chi connectivity index (χ1) is 9.13. The van der Waals surface area contributed by atoms with Gasteiger partial charge in [0.25, 0.3) is 0 Å². The summed E-state index contributed by atoms with van der Waals surface area (Å²) in [6.45, 7) is 2.27. The average molecular weight is 261 g/mol. The van der Waals surface area contributed by atoms with Crippen LogP contribution in [0.4, 0.5) is 15.9 Å². The van der Waals surface area contributed by atoms with Crippen LogP contribution in [0.1, 0.15) is 17.3 Å². The Morgan fingerprint density at radius 3 is 2.84 bits per heavy atom. The third kappa shape index (κ3) is 2.67.